The Morgan fingerprint density at radius 1 is 1.28 bits per heavy atom. The Morgan fingerprint density at radius 2 is 2.03 bits per heavy atom. The molecule has 3 rings (SSSR count). The number of hydrogen-bond donors (Lipinski definition) is 2. The minimum atomic E-state index is -0.0583. The van der Waals surface area contributed by atoms with Crippen LogP contribution < -0.4 is 15.0 Å². The van der Waals surface area contributed by atoms with Crippen LogP contribution in [0.2, 0.25) is 0 Å². The van der Waals surface area contributed by atoms with Gasteiger partial charge < -0.3 is 15.0 Å². The van der Waals surface area contributed by atoms with Gasteiger partial charge in [-0.25, -0.2) is 4.98 Å². The van der Waals surface area contributed by atoms with Gasteiger partial charge in [-0.15, -0.1) is 0 Å². The Balaban J connectivity index is 1.61. The van der Waals surface area contributed by atoms with Gasteiger partial charge in [0, 0.05) is 45.4 Å². The number of nitrogens with one attached hydrogen (secondary N) is 2. The number of ether oxygens (including phenoxy) is 1. The molecule has 9 heteroatoms. The van der Waals surface area contributed by atoms with Crippen molar-refractivity contribution < 1.29 is 9.53 Å². The van der Waals surface area contributed by atoms with Crippen LogP contribution in [0.4, 0.5) is 5.82 Å². The zero-order valence-corrected chi connectivity index (χ0v) is 17.5. The molecule has 3 aromatic rings. The molecule has 1 aromatic carbocycles. The summed E-state index contributed by atoms with van der Waals surface area (Å²) in [7, 11) is 5.48. The number of rotatable bonds is 8. The molecule has 0 fully saturated rings. The first kappa shape index (κ1) is 20.5. The molecule has 1 amide bonds. The number of benzene rings is 1. The first-order chi connectivity index (χ1) is 14.0. The highest BCUT2D eigenvalue weighted by Crippen LogP contribution is 2.21. The average Bonchev–Trinajstić information content (AvgIpc) is 3.11. The predicted octanol–water partition coefficient (Wildman–Crippen LogP) is 2.78. The summed E-state index contributed by atoms with van der Waals surface area (Å²) in [6.07, 6.45) is 2.03. The van der Waals surface area contributed by atoms with Crippen molar-refractivity contribution in [1.82, 2.24) is 25.1 Å². The Labute approximate surface area is 174 Å². The second kappa shape index (κ2) is 9.33. The fourth-order valence-corrected chi connectivity index (χ4v) is 3.03. The SMILES string of the molecule is COc1ccc(-c2n[nH]c(=S)n2CCC(=O)NCc2ccnc(N(C)C)c2)cc1. The number of hydrogen-bond acceptors (Lipinski definition) is 6. The largest absolute Gasteiger partial charge is 0.497 e. The quantitative estimate of drug-likeness (QED) is 0.553. The van der Waals surface area contributed by atoms with E-state index in [9.17, 15) is 4.79 Å². The van der Waals surface area contributed by atoms with Gasteiger partial charge in [0.25, 0.3) is 0 Å². The van der Waals surface area contributed by atoms with E-state index >= 15 is 0 Å². The summed E-state index contributed by atoms with van der Waals surface area (Å²) in [5, 5.41) is 10.0. The van der Waals surface area contributed by atoms with E-state index in [0.717, 1.165) is 22.7 Å². The highest BCUT2D eigenvalue weighted by atomic mass is 32.1. The van der Waals surface area contributed by atoms with Gasteiger partial charge in [-0.05, 0) is 54.2 Å². The maximum Gasteiger partial charge on any atom is 0.222 e. The Morgan fingerprint density at radius 3 is 2.72 bits per heavy atom. The van der Waals surface area contributed by atoms with Crippen molar-refractivity contribution in [2.75, 3.05) is 26.1 Å². The van der Waals surface area contributed by atoms with Crippen LogP contribution in [0.5, 0.6) is 5.75 Å². The van der Waals surface area contributed by atoms with Crippen LogP contribution in [0.3, 0.4) is 0 Å². The molecule has 0 spiro atoms. The van der Waals surface area contributed by atoms with E-state index in [1.54, 1.807) is 13.3 Å². The molecule has 0 aliphatic rings. The molecule has 0 saturated heterocycles. The summed E-state index contributed by atoms with van der Waals surface area (Å²) in [5.74, 6) is 2.25. The lowest BCUT2D eigenvalue weighted by Crippen LogP contribution is -2.24. The molecule has 0 aliphatic heterocycles. The fraction of sp³-hybridized carbons (Fsp3) is 0.300. The van der Waals surface area contributed by atoms with Crippen molar-refractivity contribution in [2.24, 2.45) is 0 Å². The van der Waals surface area contributed by atoms with Gasteiger partial charge in [0.05, 0.1) is 7.11 Å². The minimum Gasteiger partial charge on any atom is -0.497 e. The van der Waals surface area contributed by atoms with Crippen molar-refractivity contribution in [3.63, 3.8) is 0 Å². The van der Waals surface area contributed by atoms with Crippen LogP contribution in [-0.2, 0) is 17.9 Å². The average molecular weight is 413 g/mol. The molecule has 0 atom stereocenters. The normalized spacial score (nSPS) is 10.6. The monoisotopic (exact) mass is 412 g/mol. The van der Waals surface area contributed by atoms with Gasteiger partial charge in [-0.2, -0.15) is 5.10 Å². The number of carbonyl (C=O) groups is 1. The maximum atomic E-state index is 12.3. The van der Waals surface area contributed by atoms with Crippen molar-refractivity contribution in [3.05, 3.63) is 52.9 Å². The fourth-order valence-electron chi connectivity index (χ4n) is 2.80. The summed E-state index contributed by atoms with van der Waals surface area (Å²) >= 11 is 5.33. The molecule has 0 unspecified atom stereocenters. The Hall–Kier alpha value is -3.20. The van der Waals surface area contributed by atoms with Crippen LogP contribution in [0.1, 0.15) is 12.0 Å². The molecule has 2 heterocycles. The van der Waals surface area contributed by atoms with Crippen LogP contribution in [0, 0.1) is 4.77 Å². The van der Waals surface area contributed by atoms with Crippen molar-refractivity contribution in [1.29, 1.82) is 0 Å². The van der Waals surface area contributed by atoms with E-state index in [0.29, 0.717) is 30.1 Å². The first-order valence-electron chi connectivity index (χ1n) is 9.16. The van der Waals surface area contributed by atoms with Gasteiger partial charge in [0.1, 0.15) is 11.6 Å². The zero-order valence-electron chi connectivity index (χ0n) is 16.7. The number of aromatic amines is 1. The van der Waals surface area contributed by atoms with Crippen molar-refractivity contribution in [3.8, 4) is 17.1 Å². The molecular weight excluding hydrogens is 388 g/mol. The lowest BCUT2D eigenvalue weighted by Gasteiger charge is -2.12. The van der Waals surface area contributed by atoms with Crippen molar-refractivity contribution in [2.45, 2.75) is 19.5 Å². The highest BCUT2D eigenvalue weighted by molar-refractivity contribution is 7.71. The smallest absolute Gasteiger partial charge is 0.222 e. The first-order valence-corrected chi connectivity index (χ1v) is 9.57. The third-order valence-corrected chi connectivity index (χ3v) is 4.74. The number of H-pyrrole nitrogens is 1. The molecule has 0 aliphatic carbocycles. The number of carbonyl (C=O) groups excluding carboxylic acids is 1. The number of anilines is 1. The number of amides is 1. The molecule has 0 bridgehead atoms. The zero-order chi connectivity index (χ0) is 20.8. The summed E-state index contributed by atoms with van der Waals surface area (Å²) in [6.45, 7) is 0.881. The van der Waals surface area contributed by atoms with E-state index in [4.69, 9.17) is 17.0 Å². The number of methoxy groups -OCH3 is 1. The Bertz CT molecular complexity index is 1030. The van der Waals surface area contributed by atoms with Crippen LogP contribution in [0.25, 0.3) is 11.4 Å². The third-order valence-electron chi connectivity index (χ3n) is 4.43. The molecule has 0 saturated carbocycles. The van der Waals surface area contributed by atoms with E-state index in [1.807, 2.05) is 60.0 Å². The van der Waals surface area contributed by atoms with E-state index in [2.05, 4.69) is 20.5 Å². The third kappa shape index (κ3) is 5.20. The van der Waals surface area contributed by atoms with Crippen LogP contribution >= 0.6 is 12.2 Å². The molecule has 2 aromatic heterocycles. The predicted molar refractivity (Wildman–Crippen MR) is 114 cm³/mol. The van der Waals surface area contributed by atoms with E-state index < -0.39 is 0 Å². The van der Waals surface area contributed by atoms with Crippen LogP contribution in [0.15, 0.2) is 42.6 Å². The molecule has 0 radical (unpaired) electrons. The maximum absolute atomic E-state index is 12.3. The molecular formula is C20H24N6O2S. The van der Waals surface area contributed by atoms with E-state index in [-0.39, 0.29) is 5.91 Å². The second-order valence-electron chi connectivity index (χ2n) is 6.68. The van der Waals surface area contributed by atoms with Gasteiger partial charge in [-0.1, -0.05) is 0 Å². The summed E-state index contributed by atoms with van der Waals surface area (Å²) in [6, 6.07) is 11.4. The van der Waals surface area contributed by atoms with Gasteiger partial charge in [0.2, 0.25) is 5.91 Å². The second-order valence-corrected chi connectivity index (χ2v) is 7.06. The standard InChI is InChI=1S/C20H24N6O2S/c1-25(2)17-12-14(8-10-21-17)13-22-18(27)9-11-26-19(23-24-20(26)29)15-4-6-16(28-3)7-5-15/h4-8,10,12H,9,11,13H2,1-3H3,(H,22,27)(H,24,29). The molecule has 152 valence electrons. The molecule has 29 heavy (non-hydrogen) atoms. The summed E-state index contributed by atoms with van der Waals surface area (Å²) in [5.41, 5.74) is 1.89. The Kier molecular flexibility index (Phi) is 6.61. The van der Waals surface area contributed by atoms with Gasteiger partial charge in [-0.3, -0.25) is 14.5 Å². The summed E-state index contributed by atoms with van der Waals surface area (Å²) < 4.78 is 7.49. The van der Waals surface area contributed by atoms with Crippen molar-refractivity contribution >= 4 is 23.9 Å². The topological polar surface area (TPSA) is 88.1 Å². The minimum absolute atomic E-state index is 0.0583. The lowest BCUT2D eigenvalue weighted by atomic mass is 10.2. The number of aromatic nitrogens is 4. The highest BCUT2D eigenvalue weighted by Gasteiger charge is 2.11. The number of pyridine rings is 1. The summed E-state index contributed by atoms with van der Waals surface area (Å²) in [4.78, 5) is 18.5. The molecule has 2 N–H and O–H groups in total. The lowest BCUT2D eigenvalue weighted by molar-refractivity contribution is -0.121. The van der Waals surface area contributed by atoms with Gasteiger partial charge in [0.15, 0.2) is 10.6 Å². The van der Waals surface area contributed by atoms with Gasteiger partial charge >= 0.3 is 0 Å². The van der Waals surface area contributed by atoms with E-state index in [1.165, 1.54) is 0 Å². The number of nitrogens with zero attached hydrogens (tertiary/aromatic N) is 4. The van der Waals surface area contributed by atoms with Crippen LogP contribution in [-0.4, -0.2) is 46.9 Å². The molecule has 8 nitrogen and oxygen atoms in total.